The fourth-order valence-electron chi connectivity index (χ4n) is 3.14. The second kappa shape index (κ2) is 7.16. The fourth-order valence-corrected chi connectivity index (χ4v) is 3.14. The molecular weight excluding hydrogens is 302 g/mol. The van der Waals surface area contributed by atoms with Crippen LogP contribution in [0, 0.1) is 5.92 Å². The first kappa shape index (κ1) is 16.7. The van der Waals surface area contributed by atoms with Crippen molar-refractivity contribution >= 4 is 16.8 Å². The number of hydrogen-bond donors (Lipinski definition) is 1. The molecule has 1 aromatic heterocycles. The lowest BCUT2D eigenvalue weighted by molar-refractivity contribution is 0.0952. The molecule has 1 amide bonds. The van der Waals surface area contributed by atoms with E-state index >= 15 is 0 Å². The van der Waals surface area contributed by atoms with Gasteiger partial charge in [-0.2, -0.15) is 0 Å². The first-order chi connectivity index (χ1) is 11.6. The molecule has 0 saturated carbocycles. The van der Waals surface area contributed by atoms with Crippen LogP contribution in [0.3, 0.4) is 0 Å². The van der Waals surface area contributed by atoms with Crippen molar-refractivity contribution in [3.05, 3.63) is 39.9 Å². The van der Waals surface area contributed by atoms with E-state index in [9.17, 15) is 9.59 Å². The molecule has 0 aliphatic carbocycles. The van der Waals surface area contributed by atoms with Crippen LogP contribution in [0.25, 0.3) is 10.9 Å². The van der Waals surface area contributed by atoms with E-state index in [1.54, 1.807) is 22.8 Å². The topological polar surface area (TPSA) is 64.0 Å². The SMILES string of the molecule is CC(C)CCNC(=O)c1ccc2c(=O)n3c(nc2c1)CCCCC3. The molecule has 3 rings (SSSR count). The van der Waals surface area contributed by atoms with Crippen molar-refractivity contribution in [2.45, 2.75) is 52.5 Å². The third-order valence-electron chi connectivity index (χ3n) is 4.59. The van der Waals surface area contributed by atoms with Gasteiger partial charge in [-0.1, -0.05) is 20.3 Å². The van der Waals surface area contributed by atoms with Gasteiger partial charge in [-0.15, -0.1) is 0 Å². The number of aromatic nitrogens is 2. The summed E-state index contributed by atoms with van der Waals surface area (Å²) in [5.74, 6) is 1.30. The van der Waals surface area contributed by atoms with Gasteiger partial charge in [0.15, 0.2) is 0 Å². The van der Waals surface area contributed by atoms with Gasteiger partial charge in [-0.05, 0) is 43.4 Å². The largest absolute Gasteiger partial charge is 0.352 e. The molecule has 1 aromatic carbocycles. The van der Waals surface area contributed by atoms with E-state index in [2.05, 4.69) is 24.1 Å². The van der Waals surface area contributed by atoms with E-state index in [0.717, 1.165) is 44.5 Å². The molecule has 2 aromatic rings. The zero-order valence-corrected chi connectivity index (χ0v) is 14.5. The molecule has 1 aliphatic heterocycles. The smallest absolute Gasteiger partial charge is 0.261 e. The third kappa shape index (κ3) is 3.50. The first-order valence-electron chi connectivity index (χ1n) is 8.88. The van der Waals surface area contributed by atoms with Gasteiger partial charge in [0.1, 0.15) is 5.82 Å². The predicted molar refractivity (Wildman–Crippen MR) is 95.3 cm³/mol. The molecule has 0 fully saturated rings. The molecule has 5 heteroatoms. The molecule has 5 nitrogen and oxygen atoms in total. The van der Waals surface area contributed by atoms with Crippen molar-refractivity contribution in [2.24, 2.45) is 5.92 Å². The average molecular weight is 327 g/mol. The van der Waals surface area contributed by atoms with E-state index in [-0.39, 0.29) is 11.5 Å². The first-order valence-corrected chi connectivity index (χ1v) is 8.88. The number of rotatable bonds is 4. The van der Waals surface area contributed by atoms with Crippen molar-refractivity contribution < 1.29 is 4.79 Å². The lowest BCUT2D eigenvalue weighted by Gasteiger charge is -2.11. The van der Waals surface area contributed by atoms with Crippen LogP contribution in [0.15, 0.2) is 23.0 Å². The van der Waals surface area contributed by atoms with Crippen LogP contribution in [-0.4, -0.2) is 22.0 Å². The van der Waals surface area contributed by atoms with Crippen LogP contribution in [0.5, 0.6) is 0 Å². The van der Waals surface area contributed by atoms with Crippen molar-refractivity contribution in [3.8, 4) is 0 Å². The summed E-state index contributed by atoms with van der Waals surface area (Å²) >= 11 is 0. The summed E-state index contributed by atoms with van der Waals surface area (Å²) in [7, 11) is 0. The highest BCUT2D eigenvalue weighted by molar-refractivity contribution is 5.97. The van der Waals surface area contributed by atoms with Crippen LogP contribution in [0.1, 0.15) is 55.7 Å². The van der Waals surface area contributed by atoms with E-state index in [1.165, 1.54) is 0 Å². The lowest BCUT2D eigenvalue weighted by Crippen LogP contribution is -2.26. The summed E-state index contributed by atoms with van der Waals surface area (Å²) in [6.45, 7) is 5.67. The van der Waals surface area contributed by atoms with E-state index in [1.807, 2.05) is 0 Å². The average Bonchev–Trinajstić information content (AvgIpc) is 2.79. The quantitative estimate of drug-likeness (QED) is 0.939. The Kier molecular flexibility index (Phi) is 4.97. The molecule has 1 aliphatic rings. The van der Waals surface area contributed by atoms with E-state index < -0.39 is 0 Å². The molecule has 0 spiro atoms. The lowest BCUT2D eigenvalue weighted by atomic mass is 10.1. The normalized spacial score (nSPS) is 14.5. The Morgan fingerprint density at radius 1 is 1.29 bits per heavy atom. The zero-order chi connectivity index (χ0) is 17.1. The molecule has 0 radical (unpaired) electrons. The van der Waals surface area contributed by atoms with Crippen molar-refractivity contribution in [1.82, 2.24) is 14.9 Å². The second-order valence-corrected chi connectivity index (χ2v) is 6.97. The van der Waals surface area contributed by atoms with Gasteiger partial charge in [-0.3, -0.25) is 14.2 Å². The van der Waals surface area contributed by atoms with Gasteiger partial charge in [0.2, 0.25) is 0 Å². The zero-order valence-electron chi connectivity index (χ0n) is 14.5. The number of nitrogens with one attached hydrogen (secondary N) is 1. The molecule has 1 N–H and O–H groups in total. The van der Waals surface area contributed by atoms with Gasteiger partial charge in [-0.25, -0.2) is 4.98 Å². The Labute approximate surface area is 142 Å². The van der Waals surface area contributed by atoms with Crippen LogP contribution in [0.2, 0.25) is 0 Å². The maximum atomic E-state index is 12.7. The highest BCUT2D eigenvalue weighted by atomic mass is 16.1. The summed E-state index contributed by atoms with van der Waals surface area (Å²) in [4.78, 5) is 29.6. The summed E-state index contributed by atoms with van der Waals surface area (Å²) in [6, 6.07) is 5.20. The van der Waals surface area contributed by atoms with Gasteiger partial charge < -0.3 is 5.32 Å². The number of fused-ring (bicyclic) bond motifs is 2. The number of carbonyl (C=O) groups is 1. The standard InChI is InChI=1S/C19H25N3O2/c1-13(2)9-10-20-18(23)14-7-8-15-16(12-14)21-17-6-4-3-5-11-22(17)19(15)24/h7-8,12-13H,3-6,9-11H2,1-2H3,(H,20,23). The number of carbonyl (C=O) groups excluding carboxylic acids is 1. The predicted octanol–water partition coefficient (Wildman–Crippen LogP) is 2.90. The maximum Gasteiger partial charge on any atom is 0.261 e. The van der Waals surface area contributed by atoms with E-state index in [0.29, 0.717) is 28.9 Å². The van der Waals surface area contributed by atoms with Crippen LogP contribution in [-0.2, 0) is 13.0 Å². The Balaban J connectivity index is 1.91. The van der Waals surface area contributed by atoms with Crippen molar-refractivity contribution in [3.63, 3.8) is 0 Å². The molecule has 2 heterocycles. The monoisotopic (exact) mass is 327 g/mol. The Morgan fingerprint density at radius 3 is 2.92 bits per heavy atom. The van der Waals surface area contributed by atoms with Crippen molar-refractivity contribution in [2.75, 3.05) is 6.54 Å². The van der Waals surface area contributed by atoms with Crippen LogP contribution < -0.4 is 10.9 Å². The second-order valence-electron chi connectivity index (χ2n) is 6.97. The maximum absolute atomic E-state index is 12.7. The Hall–Kier alpha value is -2.17. The highest BCUT2D eigenvalue weighted by Crippen LogP contribution is 2.16. The number of benzene rings is 1. The third-order valence-corrected chi connectivity index (χ3v) is 4.59. The Morgan fingerprint density at radius 2 is 2.12 bits per heavy atom. The summed E-state index contributed by atoms with van der Waals surface area (Å²) in [6.07, 6.45) is 4.99. The molecule has 0 atom stereocenters. The fraction of sp³-hybridized carbons (Fsp3) is 0.526. The summed E-state index contributed by atoms with van der Waals surface area (Å²) in [5, 5.41) is 3.53. The molecule has 0 bridgehead atoms. The minimum Gasteiger partial charge on any atom is -0.352 e. The van der Waals surface area contributed by atoms with Gasteiger partial charge in [0.25, 0.3) is 11.5 Å². The minimum absolute atomic E-state index is 0.0173. The number of nitrogens with zero attached hydrogens (tertiary/aromatic N) is 2. The molecule has 0 saturated heterocycles. The number of hydrogen-bond acceptors (Lipinski definition) is 3. The van der Waals surface area contributed by atoms with Gasteiger partial charge in [0.05, 0.1) is 10.9 Å². The Bertz CT molecular complexity index is 808. The van der Waals surface area contributed by atoms with Crippen molar-refractivity contribution in [1.29, 1.82) is 0 Å². The van der Waals surface area contributed by atoms with E-state index in [4.69, 9.17) is 0 Å². The highest BCUT2D eigenvalue weighted by Gasteiger charge is 2.15. The minimum atomic E-state index is -0.102. The molecule has 128 valence electrons. The molecule has 24 heavy (non-hydrogen) atoms. The number of amides is 1. The van der Waals surface area contributed by atoms with Crippen LogP contribution >= 0.6 is 0 Å². The summed E-state index contributed by atoms with van der Waals surface area (Å²) in [5.41, 5.74) is 1.21. The van der Waals surface area contributed by atoms with Gasteiger partial charge >= 0.3 is 0 Å². The molecular formula is C19H25N3O2. The number of aryl methyl sites for hydroxylation is 1. The van der Waals surface area contributed by atoms with Gasteiger partial charge in [0, 0.05) is 25.1 Å². The summed E-state index contributed by atoms with van der Waals surface area (Å²) < 4.78 is 1.80. The molecule has 0 unspecified atom stereocenters. The van der Waals surface area contributed by atoms with Crippen LogP contribution in [0.4, 0.5) is 0 Å².